The highest BCUT2D eigenvalue weighted by Crippen LogP contribution is 2.37. The Kier molecular flexibility index (Phi) is 5.79. The quantitative estimate of drug-likeness (QED) is 0.470. The summed E-state index contributed by atoms with van der Waals surface area (Å²) >= 11 is 13.5. The summed E-state index contributed by atoms with van der Waals surface area (Å²) in [5, 5.41) is 1.38. The second-order valence-electron chi connectivity index (χ2n) is 5.46. The molecule has 2 aromatic carbocycles. The summed E-state index contributed by atoms with van der Waals surface area (Å²) in [5.41, 5.74) is 2.20. The monoisotopic (exact) mass is 390 g/mol. The van der Waals surface area contributed by atoms with Crippen LogP contribution in [0.4, 0.5) is 0 Å². The van der Waals surface area contributed by atoms with Crippen LogP contribution in [0.15, 0.2) is 60.7 Å². The molecule has 0 aliphatic carbocycles. The first-order valence-electron chi connectivity index (χ1n) is 7.86. The van der Waals surface area contributed by atoms with Crippen molar-refractivity contribution in [1.29, 1.82) is 0 Å². The van der Waals surface area contributed by atoms with Crippen LogP contribution in [0, 0.1) is 0 Å². The van der Waals surface area contributed by atoms with E-state index in [1.807, 2.05) is 60.7 Å². The van der Waals surface area contributed by atoms with Crippen molar-refractivity contribution in [3.63, 3.8) is 0 Å². The van der Waals surface area contributed by atoms with Crippen molar-refractivity contribution in [1.82, 2.24) is 0 Å². The van der Waals surface area contributed by atoms with Gasteiger partial charge in [0.15, 0.2) is 0 Å². The van der Waals surface area contributed by atoms with E-state index in [1.165, 1.54) is 11.3 Å². The summed E-state index contributed by atoms with van der Waals surface area (Å²) < 4.78 is 5.10. The van der Waals surface area contributed by atoms with Crippen LogP contribution in [0.2, 0.25) is 10.0 Å². The number of esters is 1. The number of rotatable bonds is 5. The van der Waals surface area contributed by atoms with Gasteiger partial charge in [-0.15, -0.1) is 11.3 Å². The van der Waals surface area contributed by atoms with Crippen molar-refractivity contribution < 1.29 is 9.53 Å². The fourth-order valence-electron chi connectivity index (χ4n) is 2.65. The largest absolute Gasteiger partial charge is 0.462 e. The SMILES string of the molecule is CCOC(=O)c1ccc(C(c2ccc(Cl)cc2)c2ccc(Cl)cc2)s1. The summed E-state index contributed by atoms with van der Waals surface area (Å²) in [4.78, 5) is 13.7. The molecule has 3 rings (SSSR count). The van der Waals surface area contributed by atoms with Crippen molar-refractivity contribution >= 4 is 40.5 Å². The molecule has 0 spiro atoms. The number of thiophene rings is 1. The van der Waals surface area contributed by atoms with Gasteiger partial charge in [0.2, 0.25) is 0 Å². The average Bonchev–Trinajstić information content (AvgIpc) is 3.08. The predicted octanol–water partition coefficient (Wildman–Crippen LogP) is 6.41. The van der Waals surface area contributed by atoms with E-state index < -0.39 is 0 Å². The second-order valence-corrected chi connectivity index (χ2v) is 7.45. The maximum Gasteiger partial charge on any atom is 0.348 e. The number of hydrogen-bond acceptors (Lipinski definition) is 3. The van der Waals surface area contributed by atoms with E-state index in [2.05, 4.69) is 0 Å². The highest BCUT2D eigenvalue weighted by atomic mass is 35.5. The number of hydrogen-bond donors (Lipinski definition) is 0. The third kappa shape index (κ3) is 4.24. The zero-order valence-corrected chi connectivity index (χ0v) is 15.9. The van der Waals surface area contributed by atoms with Gasteiger partial charge in [0.25, 0.3) is 0 Å². The number of benzene rings is 2. The zero-order valence-electron chi connectivity index (χ0n) is 13.5. The molecule has 0 fully saturated rings. The van der Waals surface area contributed by atoms with Gasteiger partial charge in [-0.05, 0) is 54.4 Å². The zero-order chi connectivity index (χ0) is 17.8. The molecule has 128 valence electrons. The molecular formula is C20H16Cl2O2S. The smallest absolute Gasteiger partial charge is 0.348 e. The van der Waals surface area contributed by atoms with Crippen LogP contribution in [-0.4, -0.2) is 12.6 Å². The topological polar surface area (TPSA) is 26.3 Å². The summed E-state index contributed by atoms with van der Waals surface area (Å²) in [6, 6.07) is 19.3. The molecule has 0 atom stereocenters. The highest BCUT2D eigenvalue weighted by Gasteiger charge is 2.21. The Labute approximate surface area is 161 Å². The minimum atomic E-state index is -0.287. The molecule has 0 unspecified atom stereocenters. The van der Waals surface area contributed by atoms with E-state index in [4.69, 9.17) is 27.9 Å². The molecule has 0 aliphatic rings. The Morgan fingerprint density at radius 3 is 1.92 bits per heavy atom. The average molecular weight is 391 g/mol. The van der Waals surface area contributed by atoms with Gasteiger partial charge < -0.3 is 4.74 Å². The molecule has 0 radical (unpaired) electrons. The van der Waals surface area contributed by atoms with E-state index in [0.717, 1.165) is 16.0 Å². The lowest BCUT2D eigenvalue weighted by molar-refractivity contribution is 0.0532. The lowest BCUT2D eigenvalue weighted by Gasteiger charge is -2.17. The maximum absolute atomic E-state index is 12.0. The highest BCUT2D eigenvalue weighted by molar-refractivity contribution is 7.14. The molecule has 2 nitrogen and oxygen atoms in total. The minimum absolute atomic E-state index is 0.00251. The van der Waals surface area contributed by atoms with Crippen molar-refractivity contribution in [3.05, 3.63) is 91.6 Å². The Bertz CT molecular complexity index is 809. The molecule has 3 aromatic rings. The first-order valence-corrected chi connectivity index (χ1v) is 9.43. The molecule has 0 amide bonds. The molecule has 0 saturated carbocycles. The summed E-state index contributed by atoms with van der Waals surface area (Å²) in [6.45, 7) is 2.17. The molecule has 0 saturated heterocycles. The summed E-state index contributed by atoms with van der Waals surface area (Å²) in [5.74, 6) is -0.285. The van der Waals surface area contributed by atoms with Gasteiger partial charge in [-0.25, -0.2) is 4.79 Å². The normalized spacial score (nSPS) is 10.9. The fraction of sp³-hybridized carbons (Fsp3) is 0.150. The van der Waals surface area contributed by atoms with Gasteiger partial charge in [0, 0.05) is 20.8 Å². The Balaban J connectivity index is 2.03. The molecular weight excluding hydrogens is 375 g/mol. The third-order valence-electron chi connectivity index (χ3n) is 3.79. The number of halogens is 2. The predicted molar refractivity (Wildman–Crippen MR) is 104 cm³/mol. The van der Waals surface area contributed by atoms with Crippen molar-refractivity contribution in [2.75, 3.05) is 6.61 Å². The Morgan fingerprint density at radius 1 is 0.920 bits per heavy atom. The lowest BCUT2D eigenvalue weighted by atomic mass is 9.90. The van der Waals surface area contributed by atoms with E-state index in [9.17, 15) is 4.79 Å². The molecule has 0 N–H and O–H groups in total. The first-order chi connectivity index (χ1) is 12.1. The van der Waals surface area contributed by atoms with E-state index in [-0.39, 0.29) is 11.9 Å². The molecule has 1 aromatic heterocycles. The first kappa shape index (κ1) is 18.0. The van der Waals surface area contributed by atoms with E-state index >= 15 is 0 Å². The van der Waals surface area contributed by atoms with E-state index in [0.29, 0.717) is 21.5 Å². The van der Waals surface area contributed by atoms with Crippen molar-refractivity contribution in [3.8, 4) is 0 Å². The molecule has 1 heterocycles. The van der Waals surface area contributed by atoms with Crippen LogP contribution in [0.3, 0.4) is 0 Å². The van der Waals surface area contributed by atoms with Crippen molar-refractivity contribution in [2.45, 2.75) is 12.8 Å². The third-order valence-corrected chi connectivity index (χ3v) is 5.43. The standard InChI is InChI=1S/C20H16Cl2O2S/c1-2-24-20(23)18-12-11-17(25-18)19(13-3-7-15(21)8-4-13)14-5-9-16(22)10-6-14/h3-12,19H,2H2,1H3. The van der Waals surface area contributed by atoms with E-state index in [1.54, 1.807) is 6.92 Å². The second kappa shape index (κ2) is 8.05. The van der Waals surface area contributed by atoms with Gasteiger partial charge in [-0.2, -0.15) is 0 Å². The number of ether oxygens (including phenoxy) is 1. The number of carbonyl (C=O) groups excluding carboxylic acids is 1. The fourth-order valence-corrected chi connectivity index (χ4v) is 3.96. The van der Waals surface area contributed by atoms with Gasteiger partial charge in [0.1, 0.15) is 4.88 Å². The van der Waals surface area contributed by atoms with Crippen LogP contribution in [0.1, 0.15) is 38.5 Å². The van der Waals surface area contributed by atoms with Gasteiger partial charge in [0.05, 0.1) is 6.61 Å². The summed E-state index contributed by atoms with van der Waals surface area (Å²) in [6.07, 6.45) is 0. The van der Waals surface area contributed by atoms with Gasteiger partial charge in [-0.1, -0.05) is 47.5 Å². The van der Waals surface area contributed by atoms with Gasteiger partial charge in [-0.3, -0.25) is 0 Å². The molecule has 5 heteroatoms. The molecule has 25 heavy (non-hydrogen) atoms. The lowest BCUT2D eigenvalue weighted by Crippen LogP contribution is -2.02. The van der Waals surface area contributed by atoms with Crippen LogP contribution in [0.5, 0.6) is 0 Å². The van der Waals surface area contributed by atoms with Crippen LogP contribution >= 0.6 is 34.5 Å². The van der Waals surface area contributed by atoms with Crippen molar-refractivity contribution in [2.24, 2.45) is 0 Å². The van der Waals surface area contributed by atoms with Crippen LogP contribution in [0.25, 0.3) is 0 Å². The molecule has 0 bridgehead atoms. The Hall–Kier alpha value is -1.81. The van der Waals surface area contributed by atoms with Crippen LogP contribution in [-0.2, 0) is 4.74 Å². The molecule has 0 aliphatic heterocycles. The minimum Gasteiger partial charge on any atom is -0.462 e. The van der Waals surface area contributed by atoms with Crippen LogP contribution < -0.4 is 0 Å². The number of carbonyl (C=O) groups is 1. The van der Waals surface area contributed by atoms with Gasteiger partial charge >= 0.3 is 5.97 Å². The summed E-state index contributed by atoms with van der Waals surface area (Å²) in [7, 11) is 0. The maximum atomic E-state index is 12.0. The Morgan fingerprint density at radius 2 is 1.44 bits per heavy atom.